The lowest BCUT2D eigenvalue weighted by molar-refractivity contribution is 0.318. The molecular formula is C15H12Cl2N2O2. The van der Waals surface area contributed by atoms with E-state index in [2.05, 4.69) is 9.97 Å². The van der Waals surface area contributed by atoms with Crippen LogP contribution in [0.4, 0.5) is 0 Å². The van der Waals surface area contributed by atoms with E-state index in [-0.39, 0.29) is 5.75 Å². The Kier molecular flexibility index (Phi) is 3.66. The summed E-state index contributed by atoms with van der Waals surface area (Å²) in [4.78, 5) is 7.66. The zero-order chi connectivity index (χ0) is 15.0. The van der Waals surface area contributed by atoms with Crippen molar-refractivity contribution >= 4 is 34.2 Å². The molecule has 0 spiro atoms. The van der Waals surface area contributed by atoms with Crippen LogP contribution in [0.25, 0.3) is 22.4 Å². The van der Waals surface area contributed by atoms with Crippen molar-refractivity contribution in [2.45, 2.75) is 6.92 Å². The topological polar surface area (TPSA) is 58.1 Å². The number of halogens is 2. The summed E-state index contributed by atoms with van der Waals surface area (Å²) in [5.74, 6) is 1.18. The smallest absolute Gasteiger partial charge is 0.161 e. The highest BCUT2D eigenvalue weighted by Gasteiger charge is 2.11. The Morgan fingerprint density at radius 3 is 2.71 bits per heavy atom. The van der Waals surface area contributed by atoms with Crippen molar-refractivity contribution in [2.24, 2.45) is 0 Å². The third kappa shape index (κ3) is 2.64. The number of imidazole rings is 1. The molecule has 1 heterocycles. The number of ether oxygens (including phenoxy) is 1. The maximum atomic E-state index is 9.74. The monoisotopic (exact) mass is 322 g/mol. The summed E-state index contributed by atoms with van der Waals surface area (Å²) in [7, 11) is 0. The molecule has 0 radical (unpaired) electrons. The van der Waals surface area contributed by atoms with Crippen molar-refractivity contribution in [1.29, 1.82) is 0 Å². The molecule has 4 nitrogen and oxygen atoms in total. The third-order valence-corrected chi connectivity index (χ3v) is 3.78. The van der Waals surface area contributed by atoms with Gasteiger partial charge in [-0.2, -0.15) is 0 Å². The van der Waals surface area contributed by atoms with E-state index in [0.29, 0.717) is 28.2 Å². The molecule has 21 heavy (non-hydrogen) atoms. The van der Waals surface area contributed by atoms with Gasteiger partial charge in [0.15, 0.2) is 11.5 Å². The zero-order valence-corrected chi connectivity index (χ0v) is 12.7. The first-order valence-corrected chi connectivity index (χ1v) is 7.15. The van der Waals surface area contributed by atoms with Gasteiger partial charge < -0.3 is 14.8 Å². The molecule has 0 aliphatic heterocycles. The Balaban J connectivity index is 2.09. The van der Waals surface area contributed by atoms with E-state index in [9.17, 15) is 5.11 Å². The second-order valence-corrected chi connectivity index (χ2v) is 5.30. The van der Waals surface area contributed by atoms with E-state index in [0.717, 1.165) is 16.6 Å². The number of rotatable bonds is 3. The minimum Gasteiger partial charge on any atom is -0.504 e. The predicted molar refractivity (Wildman–Crippen MR) is 84.4 cm³/mol. The van der Waals surface area contributed by atoms with Gasteiger partial charge in [0, 0.05) is 5.56 Å². The van der Waals surface area contributed by atoms with E-state index in [1.165, 1.54) is 0 Å². The Labute approximate surface area is 131 Å². The molecule has 2 aromatic carbocycles. The van der Waals surface area contributed by atoms with Gasteiger partial charge in [-0.1, -0.05) is 23.2 Å². The van der Waals surface area contributed by atoms with Crippen LogP contribution in [0.5, 0.6) is 11.5 Å². The summed E-state index contributed by atoms with van der Waals surface area (Å²) in [5.41, 5.74) is 2.33. The summed E-state index contributed by atoms with van der Waals surface area (Å²) in [6.07, 6.45) is 0. The fourth-order valence-corrected chi connectivity index (χ4v) is 2.40. The van der Waals surface area contributed by atoms with Crippen LogP contribution in [0, 0.1) is 0 Å². The lowest BCUT2D eigenvalue weighted by atomic mass is 10.2. The largest absolute Gasteiger partial charge is 0.504 e. The lowest BCUT2D eigenvalue weighted by Crippen LogP contribution is -1.92. The number of hydrogen-bond acceptors (Lipinski definition) is 3. The number of nitrogens with zero attached hydrogens (tertiary/aromatic N) is 1. The molecule has 6 heteroatoms. The highest BCUT2D eigenvalue weighted by Crippen LogP contribution is 2.33. The second kappa shape index (κ2) is 5.47. The van der Waals surface area contributed by atoms with Crippen LogP contribution in [0.2, 0.25) is 10.0 Å². The first kappa shape index (κ1) is 14.0. The maximum absolute atomic E-state index is 9.74. The third-order valence-electron chi connectivity index (χ3n) is 3.06. The van der Waals surface area contributed by atoms with Gasteiger partial charge in [-0.3, -0.25) is 0 Å². The fraction of sp³-hybridized carbons (Fsp3) is 0.133. The molecular weight excluding hydrogens is 311 g/mol. The van der Waals surface area contributed by atoms with Gasteiger partial charge >= 0.3 is 0 Å². The predicted octanol–water partition coefficient (Wildman–Crippen LogP) is 4.64. The molecule has 0 bridgehead atoms. The molecule has 0 aliphatic rings. The van der Waals surface area contributed by atoms with Gasteiger partial charge in [0.1, 0.15) is 5.82 Å². The summed E-state index contributed by atoms with van der Waals surface area (Å²) in [5, 5.41) is 10.7. The number of fused-ring (bicyclic) bond motifs is 1. The average molecular weight is 323 g/mol. The lowest BCUT2D eigenvalue weighted by Gasteiger charge is -2.06. The number of nitrogens with one attached hydrogen (secondary N) is 1. The van der Waals surface area contributed by atoms with Crippen LogP contribution in [0.3, 0.4) is 0 Å². The van der Waals surface area contributed by atoms with Crippen molar-refractivity contribution in [3.8, 4) is 22.9 Å². The summed E-state index contributed by atoms with van der Waals surface area (Å²) >= 11 is 12.0. The highest BCUT2D eigenvalue weighted by molar-refractivity contribution is 6.42. The summed E-state index contributed by atoms with van der Waals surface area (Å²) in [6.45, 7) is 2.33. The molecule has 0 atom stereocenters. The molecule has 1 aromatic heterocycles. The second-order valence-electron chi connectivity index (χ2n) is 4.48. The molecule has 0 saturated carbocycles. The van der Waals surface area contributed by atoms with Gasteiger partial charge in [-0.15, -0.1) is 0 Å². The fourth-order valence-electron chi connectivity index (χ4n) is 2.07. The van der Waals surface area contributed by atoms with E-state index < -0.39 is 0 Å². The van der Waals surface area contributed by atoms with Crippen molar-refractivity contribution < 1.29 is 9.84 Å². The van der Waals surface area contributed by atoms with Crippen molar-refractivity contribution in [2.75, 3.05) is 6.61 Å². The highest BCUT2D eigenvalue weighted by atomic mass is 35.5. The number of hydrogen-bond donors (Lipinski definition) is 2. The number of benzene rings is 2. The minimum atomic E-state index is 0.0998. The summed E-state index contributed by atoms with van der Waals surface area (Å²) in [6, 6.07) is 8.52. The maximum Gasteiger partial charge on any atom is 0.161 e. The molecule has 0 aliphatic carbocycles. The van der Waals surface area contributed by atoms with E-state index in [1.54, 1.807) is 30.3 Å². The van der Waals surface area contributed by atoms with Crippen LogP contribution in [-0.2, 0) is 0 Å². The van der Waals surface area contributed by atoms with Gasteiger partial charge in [0.25, 0.3) is 0 Å². The SMILES string of the molecule is CCOc1cc(-c2nc3cc(Cl)c(Cl)cc3[nH]2)ccc1O. The van der Waals surface area contributed by atoms with E-state index in [1.807, 2.05) is 6.92 Å². The first-order chi connectivity index (χ1) is 10.1. The quantitative estimate of drug-likeness (QED) is 0.738. The first-order valence-electron chi connectivity index (χ1n) is 6.39. The summed E-state index contributed by atoms with van der Waals surface area (Å²) < 4.78 is 5.38. The van der Waals surface area contributed by atoms with Crippen molar-refractivity contribution in [3.63, 3.8) is 0 Å². The standard InChI is InChI=1S/C15H12Cl2N2O2/c1-2-21-14-5-8(3-4-13(14)20)15-18-11-6-9(16)10(17)7-12(11)19-15/h3-7,20H,2H2,1H3,(H,18,19). The van der Waals surface area contributed by atoms with E-state index >= 15 is 0 Å². The van der Waals surface area contributed by atoms with Crippen LogP contribution in [-0.4, -0.2) is 21.7 Å². The number of phenolic OH excluding ortho intramolecular Hbond substituents is 1. The van der Waals surface area contributed by atoms with Crippen LogP contribution in [0.1, 0.15) is 6.92 Å². The zero-order valence-electron chi connectivity index (χ0n) is 11.2. The number of phenols is 1. The van der Waals surface area contributed by atoms with Crippen LogP contribution >= 0.6 is 23.2 Å². The number of H-pyrrole nitrogens is 1. The van der Waals surface area contributed by atoms with Gasteiger partial charge in [-0.05, 0) is 37.3 Å². The average Bonchev–Trinajstić information content (AvgIpc) is 2.85. The number of aromatic amines is 1. The Morgan fingerprint density at radius 1 is 1.19 bits per heavy atom. The van der Waals surface area contributed by atoms with Gasteiger partial charge in [0.2, 0.25) is 0 Å². The van der Waals surface area contributed by atoms with Gasteiger partial charge in [0.05, 0.1) is 27.7 Å². The molecule has 0 fully saturated rings. The minimum absolute atomic E-state index is 0.0998. The molecule has 3 aromatic rings. The molecule has 0 saturated heterocycles. The Bertz CT molecular complexity index is 776. The Hall–Kier alpha value is -1.91. The molecule has 2 N–H and O–H groups in total. The van der Waals surface area contributed by atoms with Crippen LogP contribution < -0.4 is 4.74 Å². The van der Waals surface area contributed by atoms with Crippen LogP contribution in [0.15, 0.2) is 30.3 Å². The number of aromatic nitrogens is 2. The molecule has 108 valence electrons. The molecule has 0 unspecified atom stereocenters. The normalized spacial score (nSPS) is 11.0. The Morgan fingerprint density at radius 2 is 1.95 bits per heavy atom. The molecule has 0 amide bonds. The van der Waals surface area contributed by atoms with E-state index in [4.69, 9.17) is 27.9 Å². The molecule has 3 rings (SSSR count). The van der Waals surface area contributed by atoms with Crippen molar-refractivity contribution in [1.82, 2.24) is 9.97 Å². The van der Waals surface area contributed by atoms with Crippen molar-refractivity contribution in [3.05, 3.63) is 40.4 Å². The van der Waals surface area contributed by atoms with Gasteiger partial charge in [-0.25, -0.2) is 4.98 Å². The number of aromatic hydroxyl groups is 1.